The molecule has 0 bridgehead atoms. The van der Waals surface area contributed by atoms with Gasteiger partial charge in [-0.25, -0.2) is 4.79 Å². The third kappa shape index (κ3) is 7.10. The van der Waals surface area contributed by atoms with Gasteiger partial charge < -0.3 is 15.0 Å². The van der Waals surface area contributed by atoms with Crippen LogP contribution in [0.1, 0.15) is 70.2 Å². The van der Waals surface area contributed by atoms with Crippen LogP contribution in [0.3, 0.4) is 0 Å². The topological polar surface area (TPSA) is 70.6 Å². The first-order chi connectivity index (χ1) is 16.6. The van der Waals surface area contributed by atoms with Crippen molar-refractivity contribution >= 4 is 12.0 Å². The van der Waals surface area contributed by atoms with Crippen molar-refractivity contribution in [2.75, 3.05) is 31.5 Å². The first kappa shape index (κ1) is 25.3. The number of carbonyl (C=O) groups is 1. The minimum atomic E-state index is -0.905. The average molecular weight is 488 g/mol. The van der Waals surface area contributed by atoms with Crippen molar-refractivity contribution < 1.29 is 18.3 Å². The fraction of sp³-hybridized carbons (Fsp3) is 0.577. The van der Waals surface area contributed by atoms with Crippen molar-refractivity contribution in [3.8, 4) is 0 Å². The Morgan fingerprint density at radius 1 is 1.06 bits per heavy atom. The van der Waals surface area contributed by atoms with Crippen LogP contribution in [0.4, 0.5) is 19.5 Å². The quantitative estimate of drug-likeness (QED) is 0.533. The highest BCUT2D eigenvalue weighted by Crippen LogP contribution is 2.40. The molecule has 2 atom stereocenters. The van der Waals surface area contributed by atoms with Crippen molar-refractivity contribution in [3.05, 3.63) is 53.4 Å². The van der Waals surface area contributed by atoms with Crippen LogP contribution in [-0.4, -0.2) is 57.6 Å². The first-order valence-electron chi connectivity index (χ1n) is 12.4. The van der Waals surface area contributed by atoms with Gasteiger partial charge in [0.1, 0.15) is 5.60 Å². The van der Waals surface area contributed by atoms with E-state index in [0.717, 1.165) is 31.0 Å². The summed E-state index contributed by atoms with van der Waals surface area (Å²) in [6.45, 7) is 10.5. The van der Waals surface area contributed by atoms with Crippen LogP contribution in [-0.2, 0) is 4.74 Å². The molecule has 1 saturated heterocycles. The number of halogens is 2. The van der Waals surface area contributed by atoms with Crippen molar-refractivity contribution in [1.82, 2.24) is 19.8 Å². The van der Waals surface area contributed by atoms with E-state index in [-0.39, 0.29) is 18.1 Å². The van der Waals surface area contributed by atoms with Gasteiger partial charge in [-0.2, -0.15) is 18.7 Å². The van der Waals surface area contributed by atoms with Crippen molar-refractivity contribution in [3.63, 3.8) is 0 Å². The fourth-order valence-corrected chi connectivity index (χ4v) is 4.45. The highest BCUT2D eigenvalue weighted by atomic mass is 19.1. The van der Waals surface area contributed by atoms with E-state index < -0.39 is 17.5 Å². The highest BCUT2D eigenvalue weighted by molar-refractivity contribution is 5.68. The van der Waals surface area contributed by atoms with E-state index in [4.69, 9.17) is 4.74 Å². The number of ether oxygens (including phenoxy) is 1. The minimum absolute atomic E-state index is 0.0754. The van der Waals surface area contributed by atoms with Crippen LogP contribution in [0.15, 0.2) is 30.3 Å². The Bertz CT molecular complexity index is 995. The van der Waals surface area contributed by atoms with Gasteiger partial charge in [-0.3, -0.25) is 4.90 Å². The third-order valence-electron chi connectivity index (χ3n) is 6.49. The first-order valence-corrected chi connectivity index (χ1v) is 12.4. The van der Waals surface area contributed by atoms with E-state index in [2.05, 4.69) is 32.3 Å². The molecule has 1 saturated carbocycles. The second-order valence-corrected chi connectivity index (χ2v) is 10.6. The number of amides is 1. The molecular formula is C26H35F2N5O2. The maximum absolute atomic E-state index is 13.4. The van der Waals surface area contributed by atoms with Gasteiger partial charge in [0.2, 0.25) is 17.8 Å². The lowest BCUT2D eigenvalue weighted by Crippen LogP contribution is -2.50. The lowest BCUT2D eigenvalue weighted by molar-refractivity contribution is 0.00941. The van der Waals surface area contributed by atoms with E-state index in [1.165, 1.54) is 18.4 Å². The second-order valence-electron chi connectivity index (χ2n) is 10.6. The Balaban J connectivity index is 1.40. The fourth-order valence-electron chi connectivity index (χ4n) is 4.45. The molecule has 35 heavy (non-hydrogen) atoms. The lowest BCUT2D eigenvalue weighted by Gasteiger charge is -2.40. The summed E-state index contributed by atoms with van der Waals surface area (Å²) in [5, 5.41) is 2.96. The zero-order chi connectivity index (χ0) is 25.2. The summed E-state index contributed by atoms with van der Waals surface area (Å²) in [6.07, 6.45) is 3.41. The zero-order valence-electron chi connectivity index (χ0n) is 20.9. The Kier molecular flexibility index (Phi) is 7.54. The predicted molar refractivity (Wildman–Crippen MR) is 130 cm³/mol. The number of aromatic nitrogens is 2. The maximum atomic E-state index is 13.4. The summed E-state index contributed by atoms with van der Waals surface area (Å²) in [4.78, 5) is 23.9. The molecule has 1 N–H and O–H groups in total. The van der Waals surface area contributed by atoms with Gasteiger partial charge in [-0.15, -0.1) is 0 Å². The molecule has 7 nitrogen and oxygen atoms in total. The molecule has 1 unspecified atom stereocenters. The Labute approximate surface area is 205 Å². The van der Waals surface area contributed by atoms with Gasteiger partial charge in [0.15, 0.2) is 0 Å². The highest BCUT2D eigenvalue weighted by Gasteiger charge is 2.33. The molecule has 2 aliphatic rings. The van der Waals surface area contributed by atoms with Gasteiger partial charge in [0.25, 0.3) is 0 Å². The number of hydrogen-bond donors (Lipinski definition) is 1. The van der Waals surface area contributed by atoms with Crippen LogP contribution in [0.25, 0.3) is 0 Å². The molecule has 1 aromatic carbocycles. The number of piperazine rings is 1. The normalized spacial score (nSPS) is 18.7. The number of nitrogens with one attached hydrogen (secondary N) is 1. The lowest BCUT2D eigenvalue weighted by atomic mass is 9.96. The van der Waals surface area contributed by atoms with E-state index in [1.807, 2.05) is 39.8 Å². The van der Waals surface area contributed by atoms with Crippen LogP contribution in [0, 0.1) is 17.8 Å². The second kappa shape index (κ2) is 10.4. The number of benzene rings is 1. The number of carbonyl (C=O) groups excluding carboxylic acids is 1. The molecule has 1 aromatic heterocycles. The molecule has 1 amide bonds. The van der Waals surface area contributed by atoms with E-state index in [0.29, 0.717) is 25.2 Å². The predicted octanol–water partition coefficient (Wildman–Crippen LogP) is 5.32. The summed E-state index contributed by atoms with van der Waals surface area (Å²) in [7, 11) is 0. The monoisotopic (exact) mass is 487 g/mol. The van der Waals surface area contributed by atoms with E-state index in [9.17, 15) is 13.6 Å². The van der Waals surface area contributed by atoms with E-state index >= 15 is 0 Å². The number of rotatable bonds is 7. The summed E-state index contributed by atoms with van der Waals surface area (Å²) < 4.78 is 32.3. The minimum Gasteiger partial charge on any atom is -0.444 e. The molecule has 2 heterocycles. The van der Waals surface area contributed by atoms with Gasteiger partial charge in [0, 0.05) is 38.3 Å². The number of anilines is 1. The van der Waals surface area contributed by atoms with Gasteiger partial charge in [-0.1, -0.05) is 37.1 Å². The van der Waals surface area contributed by atoms with Gasteiger partial charge in [0.05, 0.1) is 6.04 Å². The van der Waals surface area contributed by atoms with Crippen LogP contribution in [0.5, 0.6) is 0 Å². The Morgan fingerprint density at radius 2 is 1.63 bits per heavy atom. The molecule has 2 aromatic rings. The number of hydrogen-bond acceptors (Lipinski definition) is 6. The molecule has 9 heteroatoms. The van der Waals surface area contributed by atoms with E-state index in [1.54, 1.807) is 4.90 Å². The maximum Gasteiger partial charge on any atom is 0.410 e. The molecular weight excluding hydrogens is 452 g/mol. The molecule has 1 aliphatic carbocycles. The Hall–Kier alpha value is -2.81. The summed E-state index contributed by atoms with van der Waals surface area (Å²) in [5.41, 5.74) is 1.72. The molecule has 4 rings (SSSR count). The van der Waals surface area contributed by atoms with Crippen molar-refractivity contribution in [1.29, 1.82) is 0 Å². The average Bonchev–Trinajstić information content (AvgIpc) is 3.60. The molecule has 0 radical (unpaired) electrons. The summed E-state index contributed by atoms with van der Waals surface area (Å²) in [5.74, 6) is -1.13. The smallest absolute Gasteiger partial charge is 0.410 e. The standard InChI is InChI=1S/C26H35F2N5O2/c1-17(29-24-30-22(27)16-23(28)31-24)19-7-9-20(10-8-19)21(15-18-5-6-18)32-11-13-33(14-12-32)25(34)35-26(2,3)4/h7-10,16-18,21H,5-6,11-15H2,1-4H3,(H,29,30,31)/t17-,21?/m0/s1. The molecule has 190 valence electrons. The SMILES string of the molecule is C[C@H](Nc1nc(F)cc(F)n1)c1ccc(C(CC2CC2)N2CCN(C(=O)OC(C)(C)C)CC2)cc1. The zero-order valence-corrected chi connectivity index (χ0v) is 20.9. The number of nitrogens with zero attached hydrogens (tertiary/aromatic N) is 4. The largest absolute Gasteiger partial charge is 0.444 e. The van der Waals surface area contributed by atoms with Gasteiger partial charge in [-0.05, 0) is 51.2 Å². The summed E-state index contributed by atoms with van der Waals surface area (Å²) >= 11 is 0. The van der Waals surface area contributed by atoms with Crippen molar-refractivity contribution in [2.45, 2.75) is 64.6 Å². The summed E-state index contributed by atoms with van der Waals surface area (Å²) in [6, 6.07) is 9.07. The van der Waals surface area contributed by atoms with Crippen LogP contribution < -0.4 is 5.32 Å². The third-order valence-corrected chi connectivity index (χ3v) is 6.49. The molecule has 0 spiro atoms. The molecule has 1 aliphatic heterocycles. The van der Waals surface area contributed by atoms with Gasteiger partial charge >= 0.3 is 6.09 Å². The van der Waals surface area contributed by atoms with Crippen LogP contribution in [0.2, 0.25) is 0 Å². The molecule has 2 fully saturated rings. The Morgan fingerprint density at radius 3 is 2.17 bits per heavy atom. The van der Waals surface area contributed by atoms with Crippen LogP contribution >= 0.6 is 0 Å². The van der Waals surface area contributed by atoms with Crippen molar-refractivity contribution in [2.24, 2.45) is 5.92 Å².